The Bertz CT molecular complexity index is 976. The van der Waals surface area contributed by atoms with E-state index in [1.165, 1.54) is 18.3 Å². The van der Waals surface area contributed by atoms with E-state index in [-0.39, 0.29) is 22.8 Å². The summed E-state index contributed by atoms with van der Waals surface area (Å²) in [4.78, 5) is 10.5. The molecule has 0 aliphatic rings. The number of allylic oxidation sites excluding steroid dienone is 1. The van der Waals surface area contributed by atoms with E-state index in [0.717, 1.165) is 0 Å². The number of hydrogen-bond acceptors (Lipinski definition) is 8. The lowest BCUT2D eigenvalue weighted by Crippen LogP contribution is -1.94. The van der Waals surface area contributed by atoms with Gasteiger partial charge < -0.3 is 10.1 Å². The molecule has 10 heteroatoms. The zero-order chi connectivity index (χ0) is 18.4. The Kier molecular flexibility index (Phi) is 4.81. The SMILES string of the molecule is N#CC(=CNc1ccc(Oc2ccccc2[N+](=O)[O-])cc1)c1nn[nH]n1. The number of anilines is 1. The predicted molar refractivity (Wildman–Crippen MR) is 91.0 cm³/mol. The minimum absolute atomic E-state index is 0.114. The standard InChI is InChI=1S/C16H11N7O3/c17-9-11(16-19-21-22-20-16)10-18-12-5-7-13(8-6-12)26-15-4-2-1-3-14(15)23(24)25/h1-8,10,18H,(H,19,20,21,22). The zero-order valence-electron chi connectivity index (χ0n) is 13.2. The van der Waals surface area contributed by atoms with Gasteiger partial charge in [-0.1, -0.05) is 12.1 Å². The Hall–Kier alpha value is -4.26. The van der Waals surface area contributed by atoms with Gasteiger partial charge in [0.15, 0.2) is 0 Å². The van der Waals surface area contributed by atoms with Crippen LogP contribution < -0.4 is 10.1 Å². The Morgan fingerprint density at radius 3 is 2.69 bits per heavy atom. The van der Waals surface area contributed by atoms with Crippen molar-refractivity contribution in [3.8, 4) is 17.6 Å². The van der Waals surface area contributed by atoms with Crippen molar-refractivity contribution in [1.82, 2.24) is 20.6 Å². The Balaban J connectivity index is 1.72. The Morgan fingerprint density at radius 1 is 1.27 bits per heavy atom. The van der Waals surface area contributed by atoms with Gasteiger partial charge in [0.25, 0.3) is 0 Å². The summed E-state index contributed by atoms with van der Waals surface area (Å²) < 4.78 is 5.56. The molecule has 128 valence electrons. The Labute approximate surface area is 146 Å². The van der Waals surface area contributed by atoms with E-state index in [0.29, 0.717) is 11.4 Å². The lowest BCUT2D eigenvalue weighted by atomic mass is 10.2. The third-order valence-corrected chi connectivity index (χ3v) is 3.23. The average molecular weight is 349 g/mol. The van der Waals surface area contributed by atoms with Gasteiger partial charge in [-0.15, -0.1) is 10.2 Å². The fourth-order valence-corrected chi connectivity index (χ4v) is 2.02. The first-order valence-corrected chi connectivity index (χ1v) is 7.29. The number of aromatic nitrogens is 4. The summed E-state index contributed by atoms with van der Waals surface area (Å²) in [7, 11) is 0. The number of nitriles is 1. The molecular formula is C16H11N7O3. The molecular weight excluding hydrogens is 338 g/mol. The molecule has 0 amide bonds. The normalized spacial score (nSPS) is 10.8. The van der Waals surface area contributed by atoms with E-state index in [1.54, 1.807) is 36.4 Å². The molecule has 0 bridgehead atoms. The first-order valence-electron chi connectivity index (χ1n) is 7.29. The van der Waals surface area contributed by atoms with Crippen LogP contribution in [0.1, 0.15) is 5.82 Å². The molecule has 0 atom stereocenters. The minimum atomic E-state index is -0.503. The number of tetrazole rings is 1. The van der Waals surface area contributed by atoms with Crippen molar-refractivity contribution in [2.45, 2.75) is 0 Å². The van der Waals surface area contributed by atoms with E-state index in [4.69, 9.17) is 10.00 Å². The quantitative estimate of drug-likeness (QED) is 0.393. The molecule has 1 aromatic heterocycles. The maximum atomic E-state index is 11.0. The summed E-state index contributed by atoms with van der Waals surface area (Å²) >= 11 is 0. The number of nitro groups is 1. The van der Waals surface area contributed by atoms with Crippen LogP contribution in [0.3, 0.4) is 0 Å². The summed E-state index contributed by atoms with van der Waals surface area (Å²) in [5.41, 5.74) is 0.770. The number of benzene rings is 2. The van der Waals surface area contributed by atoms with Crippen LogP contribution in [0, 0.1) is 21.4 Å². The van der Waals surface area contributed by atoms with Gasteiger partial charge >= 0.3 is 5.69 Å². The van der Waals surface area contributed by atoms with Crippen molar-refractivity contribution in [2.75, 3.05) is 5.32 Å². The van der Waals surface area contributed by atoms with Crippen LogP contribution in [0.15, 0.2) is 54.7 Å². The number of para-hydroxylation sites is 2. The second-order valence-electron chi connectivity index (χ2n) is 4.90. The lowest BCUT2D eigenvalue weighted by molar-refractivity contribution is -0.385. The fraction of sp³-hybridized carbons (Fsp3) is 0. The van der Waals surface area contributed by atoms with Crippen LogP contribution in [0.4, 0.5) is 11.4 Å². The molecule has 0 fully saturated rings. The summed E-state index contributed by atoms with van der Waals surface area (Å²) in [5, 5.41) is 36.2. The largest absolute Gasteiger partial charge is 0.450 e. The van der Waals surface area contributed by atoms with Crippen LogP contribution in [0.5, 0.6) is 11.5 Å². The number of H-pyrrole nitrogens is 1. The molecule has 0 saturated carbocycles. The molecule has 0 saturated heterocycles. The number of rotatable bonds is 6. The third-order valence-electron chi connectivity index (χ3n) is 3.23. The molecule has 0 radical (unpaired) electrons. The summed E-state index contributed by atoms with van der Waals surface area (Å²) in [6.07, 6.45) is 1.45. The average Bonchev–Trinajstić information content (AvgIpc) is 3.18. The number of nitrogens with one attached hydrogen (secondary N) is 2. The van der Waals surface area contributed by atoms with Crippen LogP contribution >= 0.6 is 0 Å². The second kappa shape index (κ2) is 7.54. The molecule has 0 unspecified atom stereocenters. The van der Waals surface area contributed by atoms with Crippen LogP contribution in [0.25, 0.3) is 5.57 Å². The van der Waals surface area contributed by atoms with Gasteiger partial charge in [-0.3, -0.25) is 10.1 Å². The van der Waals surface area contributed by atoms with Crippen molar-refractivity contribution in [3.05, 3.63) is 70.7 Å². The third kappa shape index (κ3) is 3.80. The molecule has 3 rings (SSSR count). The topological polar surface area (TPSA) is 143 Å². The number of aromatic amines is 1. The second-order valence-corrected chi connectivity index (χ2v) is 4.90. The summed E-state index contributed by atoms with van der Waals surface area (Å²) in [6.45, 7) is 0. The van der Waals surface area contributed by atoms with Gasteiger partial charge in [-0.05, 0) is 35.5 Å². The van der Waals surface area contributed by atoms with Crippen LogP contribution in [-0.2, 0) is 0 Å². The van der Waals surface area contributed by atoms with E-state index < -0.39 is 4.92 Å². The predicted octanol–water partition coefficient (Wildman–Crippen LogP) is 2.88. The van der Waals surface area contributed by atoms with E-state index in [9.17, 15) is 10.1 Å². The van der Waals surface area contributed by atoms with Crippen molar-refractivity contribution in [2.24, 2.45) is 0 Å². The minimum Gasteiger partial charge on any atom is -0.450 e. The van der Waals surface area contributed by atoms with E-state index in [2.05, 4.69) is 25.9 Å². The van der Waals surface area contributed by atoms with E-state index >= 15 is 0 Å². The van der Waals surface area contributed by atoms with Gasteiger partial charge in [0, 0.05) is 18.0 Å². The van der Waals surface area contributed by atoms with Crippen molar-refractivity contribution >= 4 is 16.9 Å². The number of nitrogens with zero attached hydrogens (tertiary/aromatic N) is 5. The molecule has 1 heterocycles. The monoisotopic (exact) mass is 349 g/mol. The number of ether oxygens (including phenoxy) is 1. The van der Waals surface area contributed by atoms with E-state index in [1.807, 2.05) is 6.07 Å². The van der Waals surface area contributed by atoms with Crippen LogP contribution in [0.2, 0.25) is 0 Å². The van der Waals surface area contributed by atoms with Gasteiger partial charge in [-0.2, -0.15) is 10.5 Å². The van der Waals surface area contributed by atoms with Crippen molar-refractivity contribution < 1.29 is 9.66 Å². The highest BCUT2D eigenvalue weighted by Crippen LogP contribution is 2.31. The zero-order valence-corrected chi connectivity index (χ0v) is 13.2. The molecule has 2 aromatic carbocycles. The summed E-state index contributed by atoms with van der Waals surface area (Å²) in [5.74, 6) is 0.769. The maximum Gasteiger partial charge on any atom is 0.311 e. The van der Waals surface area contributed by atoms with Gasteiger partial charge in [0.05, 0.1) is 4.92 Å². The maximum absolute atomic E-state index is 11.0. The number of nitro benzene ring substituents is 1. The molecule has 10 nitrogen and oxygen atoms in total. The Morgan fingerprint density at radius 2 is 2.04 bits per heavy atom. The van der Waals surface area contributed by atoms with Crippen molar-refractivity contribution in [3.63, 3.8) is 0 Å². The molecule has 3 aromatic rings. The highest BCUT2D eigenvalue weighted by atomic mass is 16.6. The van der Waals surface area contributed by atoms with Gasteiger partial charge in [0.2, 0.25) is 11.6 Å². The molecule has 0 spiro atoms. The highest BCUT2D eigenvalue weighted by Gasteiger charge is 2.14. The molecule has 0 aliphatic heterocycles. The van der Waals surface area contributed by atoms with Gasteiger partial charge in [0.1, 0.15) is 17.4 Å². The smallest absolute Gasteiger partial charge is 0.311 e. The first kappa shape index (κ1) is 16.6. The lowest BCUT2D eigenvalue weighted by Gasteiger charge is -2.07. The van der Waals surface area contributed by atoms with Crippen molar-refractivity contribution in [1.29, 1.82) is 5.26 Å². The summed E-state index contributed by atoms with van der Waals surface area (Å²) in [6, 6.07) is 14.8. The fourth-order valence-electron chi connectivity index (χ4n) is 2.02. The highest BCUT2D eigenvalue weighted by molar-refractivity contribution is 5.74. The first-order chi connectivity index (χ1) is 12.7. The molecule has 2 N–H and O–H groups in total. The van der Waals surface area contributed by atoms with Gasteiger partial charge in [-0.25, -0.2) is 0 Å². The number of hydrogen-bond donors (Lipinski definition) is 2. The van der Waals surface area contributed by atoms with Crippen LogP contribution in [-0.4, -0.2) is 25.5 Å². The molecule has 26 heavy (non-hydrogen) atoms. The molecule has 0 aliphatic carbocycles.